The smallest absolute Gasteiger partial charge is 0.387 e. The summed E-state index contributed by atoms with van der Waals surface area (Å²) >= 11 is 11.0. The molecule has 0 aliphatic heterocycles. The molecule has 0 fully saturated rings. The first-order valence-corrected chi connectivity index (χ1v) is 6.70. The van der Waals surface area contributed by atoms with Crippen LogP contribution in [0.25, 0.3) is 0 Å². The zero-order chi connectivity index (χ0) is 15.2. The van der Waals surface area contributed by atoms with Crippen molar-refractivity contribution in [2.45, 2.75) is 6.61 Å². The van der Waals surface area contributed by atoms with Gasteiger partial charge in [-0.1, -0.05) is 29.8 Å². The van der Waals surface area contributed by atoms with Crippen LogP contribution < -0.4 is 15.4 Å². The van der Waals surface area contributed by atoms with Gasteiger partial charge in [0.15, 0.2) is 5.11 Å². The molecule has 0 bridgehead atoms. The van der Waals surface area contributed by atoms with Crippen LogP contribution >= 0.6 is 23.8 Å². The summed E-state index contributed by atoms with van der Waals surface area (Å²) in [5.41, 5.74) is 1.40. The molecular weight excluding hydrogens is 318 g/mol. The van der Waals surface area contributed by atoms with E-state index in [1.54, 1.807) is 6.07 Å². The van der Waals surface area contributed by atoms with E-state index < -0.39 is 6.61 Å². The molecule has 0 radical (unpaired) electrons. The summed E-state index contributed by atoms with van der Waals surface area (Å²) in [7, 11) is 0. The lowest BCUT2D eigenvalue weighted by molar-refractivity contribution is -0.0497. The number of nitrogens with one attached hydrogen (secondary N) is 2. The molecule has 0 saturated carbocycles. The number of hydrogen-bond donors (Lipinski definition) is 2. The minimum absolute atomic E-state index is 0.0720. The van der Waals surface area contributed by atoms with Crippen LogP contribution in [-0.4, -0.2) is 11.7 Å². The highest BCUT2D eigenvalue weighted by Gasteiger charge is 2.09. The first-order chi connectivity index (χ1) is 10.0. The molecular formula is C14H11ClF2N2OS. The van der Waals surface area contributed by atoms with Crippen molar-refractivity contribution in [3.05, 3.63) is 53.6 Å². The number of thiocarbonyl (C=S) groups is 1. The molecule has 0 aliphatic rings. The zero-order valence-corrected chi connectivity index (χ0v) is 12.2. The van der Waals surface area contributed by atoms with E-state index in [4.69, 9.17) is 23.8 Å². The molecule has 2 rings (SSSR count). The molecule has 0 aliphatic carbocycles. The van der Waals surface area contributed by atoms with E-state index in [-0.39, 0.29) is 10.8 Å². The summed E-state index contributed by atoms with van der Waals surface area (Å²) in [5.74, 6) is -0.0841. The molecule has 2 aromatic carbocycles. The van der Waals surface area contributed by atoms with E-state index in [1.165, 1.54) is 12.1 Å². The Morgan fingerprint density at radius 3 is 2.33 bits per heavy atom. The van der Waals surface area contributed by atoms with Crippen molar-refractivity contribution >= 4 is 40.3 Å². The largest absolute Gasteiger partial charge is 0.433 e. The fraction of sp³-hybridized carbons (Fsp3) is 0.0714. The average Bonchev–Trinajstić information content (AvgIpc) is 2.42. The van der Waals surface area contributed by atoms with Crippen LogP contribution in [0.3, 0.4) is 0 Å². The number of hydrogen-bond acceptors (Lipinski definition) is 2. The lowest BCUT2D eigenvalue weighted by Gasteiger charge is -2.12. The predicted octanol–water partition coefficient (Wildman–Crippen LogP) is 4.75. The van der Waals surface area contributed by atoms with Gasteiger partial charge in [-0.15, -0.1) is 0 Å². The molecule has 0 aromatic heterocycles. The Morgan fingerprint density at radius 2 is 1.71 bits per heavy atom. The first-order valence-electron chi connectivity index (χ1n) is 5.92. The third kappa shape index (κ3) is 4.84. The molecule has 0 saturated heterocycles. The number of anilines is 2. The Kier molecular flexibility index (Phi) is 5.30. The van der Waals surface area contributed by atoms with Crippen LogP contribution in [0.5, 0.6) is 5.75 Å². The van der Waals surface area contributed by atoms with Crippen LogP contribution in [0.2, 0.25) is 5.02 Å². The fourth-order valence-corrected chi connectivity index (χ4v) is 2.05. The van der Waals surface area contributed by atoms with Crippen molar-refractivity contribution in [1.82, 2.24) is 0 Å². The summed E-state index contributed by atoms with van der Waals surface area (Å²) in [6.07, 6.45) is 0. The summed E-state index contributed by atoms with van der Waals surface area (Å²) in [4.78, 5) is 0. The summed E-state index contributed by atoms with van der Waals surface area (Å²) in [6.45, 7) is -2.91. The van der Waals surface area contributed by atoms with Gasteiger partial charge >= 0.3 is 6.61 Å². The van der Waals surface area contributed by atoms with Gasteiger partial charge in [-0.05, 0) is 42.5 Å². The Morgan fingerprint density at radius 1 is 1.05 bits per heavy atom. The Bertz CT molecular complexity index is 626. The lowest BCUT2D eigenvalue weighted by atomic mass is 10.3. The minimum atomic E-state index is -2.91. The van der Waals surface area contributed by atoms with Crippen molar-refractivity contribution in [1.29, 1.82) is 0 Å². The summed E-state index contributed by atoms with van der Waals surface area (Å²) in [5, 5.41) is 6.32. The minimum Gasteiger partial charge on any atom is -0.433 e. The predicted molar refractivity (Wildman–Crippen MR) is 84.4 cm³/mol. The lowest BCUT2D eigenvalue weighted by Crippen LogP contribution is -2.18. The van der Waals surface area contributed by atoms with E-state index >= 15 is 0 Å². The molecule has 7 heteroatoms. The van der Waals surface area contributed by atoms with Gasteiger partial charge in [-0.2, -0.15) is 8.78 Å². The number of ether oxygens (including phenoxy) is 1. The third-order valence-corrected chi connectivity index (χ3v) is 2.94. The van der Waals surface area contributed by atoms with Gasteiger partial charge < -0.3 is 15.4 Å². The molecule has 0 atom stereocenters. The molecule has 0 spiro atoms. The quantitative estimate of drug-likeness (QED) is 0.793. The molecule has 2 aromatic rings. The van der Waals surface area contributed by atoms with Crippen LogP contribution in [-0.2, 0) is 0 Å². The van der Waals surface area contributed by atoms with Crippen molar-refractivity contribution in [3.8, 4) is 5.75 Å². The van der Waals surface area contributed by atoms with Gasteiger partial charge in [0.2, 0.25) is 0 Å². The van der Waals surface area contributed by atoms with Gasteiger partial charge in [0.25, 0.3) is 0 Å². The second-order valence-electron chi connectivity index (χ2n) is 3.97. The monoisotopic (exact) mass is 328 g/mol. The van der Waals surface area contributed by atoms with Gasteiger partial charge in [0, 0.05) is 11.4 Å². The molecule has 3 nitrogen and oxygen atoms in total. The van der Waals surface area contributed by atoms with Crippen LogP contribution in [0.15, 0.2) is 48.5 Å². The Labute approximate surface area is 130 Å². The van der Waals surface area contributed by atoms with Crippen LogP contribution in [0.4, 0.5) is 20.2 Å². The maximum atomic E-state index is 12.1. The highest BCUT2D eigenvalue weighted by molar-refractivity contribution is 7.80. The maximum Gasteiger partial charge on any atom is 0.387 e. The van der Waals surface area contributed by atoms with Crippen molar-refractivity contribution in [3.63, 3.8) is 0 Å². The second-order valence-corrected chi connectivity index (χ2v) is 4.78. The second kappa shape index (κ2) is 7.19. The number of rotatable bonds is 4. The van der Waals surface area contributed by atoms with Crippen molar-refractivity contribution in [2.75, 3.05) is 10.6 Å². The highest BCUT2D eigenvalue weighted by atomic mass is 35.5. The molecule has 0 unspecified atom stereocenters. The SMILES string of the molecule is FC(F)Oc1ccc(NC(=S)Nc2ccccc2)cc1Cl. The van der Waals surface area contributed by atoms with Crippen molar-refractivity contribution < 1.29 is 13.5 Å². The molecule has 0 heterocycles. The molecule has 0 amide bonds. The Hall–Kier alpha value is -1.92. The first kappa shape index (κ1) is 15.5. The Balaban J connectivity index is 1.99. The number of alkyl halides is 2. The fourth-order valence-electron chi connectivity index (χ4n) is 1.59. The van der Waals surface area contributed by atoms with Gasteiger partial charge in [-0.3, -0.25) is 0 Å². The normalized spacial score (nSPS) is 10.3. The van der Waals surface area contributed by atoms with Crippen LogP contribution in [0, 0.1) is 0 Å². The van der Waals surface area contributed by atoms with Gasteiger partial charge in [0.1, 0.15) is 5.75 Å². The standard InChI is InChI=1S/C14H11ClF2N2OS/c15-11-8-10(6-7-12(11)20-13(16)17)19-14(21)18-9-4-2-1-3-5-9/h1-8,13H,(H2,18,19,21). The topological polar surface area (TPSA) is 33.3 Å². The van der Waals surface area contributed by atoms with E-state index in [0.717, 1.165) is 5.69 Å². The summed E-state index contributed by atoms with van der Waals surface area (Å²) < 4.78 is 28.5. The number of benzene rings is 2. The van der Waals surface area contributed by atoms with E-state index in [1.807, 2.05) is 30.3 Å². The molecule has 2 N–H and O–H groups in total. The third-order valence-electron chi connectivity index (χ3n) is 2.44. The average molecular weight is 329 g/mol. The molecule has 110 valence electrons. The summed E-state index contributed by atoms with van der Waals surface area (Å²) in [6, 6.07) is 13.7. The molecule has 21 heavy (non-hydrogen) atoms. The number of halogens is 3. The van der Waals surface area contributed by atoms with E-state index in [2.05, 4.69) is 15.4 Å². The van der Waals surface area contributed by atoms with Gasteiger partial charge in [-0.25, -0.2) is 0 Å². The van der Waals surface area contributed by atoms with E-state index in [0.29, 0.717) is 10.8 Å². The number of para-hydroxylation sites is 1. The van der Waals surface area contributed by atoms with Gasteiger partial charge in [0.05, 0.1) is 5.02 Å². The maximum absolute atomic E-state index is 12.1. The van der Waals surface area contributed by atoms with Crippen LogP contribution in [0.1, 0.15) is 0 Å². The highest BCUT2D eigenvalue weighted by Crippen LogP contribution is 2.29. The van der Waals surface area contributed by atoms with Crippen molar-refractivity contribution in [2.24, 2.45) is 0 Å². The van der Waals surface area contributed by atoms with E-state index in [9.17, 15) is 8.78 Å². The zero-order valence-electron chi connectivity index (χ0n) is 10.6.